The Labute approximate surface area is 186 Å². The van der Waals surface area contributed by atoms with Gasteiger partial charge < -0.3 is 14.8 Å². The average molecular weight is 435 g/mol. The average Bonchev–Trinajstić information content (AvgIpc) is 3.33. The number of hydrogen-bond acceptors (Lipinski definition) is 5. The van der Waals surface area contributed by atoms with E-state index in [9.17, 15) is 4.79 Å². The first-order chi connectivity index (χ1) is 15.0. The first-order valence-electron chi connectivity index (χ1n) is 10.1. The molecule has 160 valence electrons. The smallest absolute Gasteiger partial charge is 0.245 e. The summed E-state index contributed by atoms with van der Waals surface area (Å²) in [6.07, 6.45) is 3.74. The second-order valence-corrected chi connectivity index (χ2v) is 8.39. The number of anilines is 2. The van der Waals surface area contributed by atoms with Crippen LogP contribution >= 0.6 is 11.8 Å². The molecule has 2 heterocycles. The zero-order valence-electron chi connectivity index (χ0n) is 17.9. The maximum Gasteiger partial charge on any atom is 0.245 e. The predicted molar refractivity (Wildman–Crippen MR) is 128 cm³/mol. The predicted octanol–water partition coefficient (Wildman–Crippen LogP) is 3.85. The lowest BCUT2D eigenvalue weighted by atomic mass is 10.2. The number of fused-ring (bicyclic) bond motifs is 1. The van der Waals surface area contributed by atoms with E-state index in [2.05, 4.69) is 44.6 Å². The van der Waals surface area contributed by atoms with E-state index in [0.717, 1.165) is 33.9 Å². The number of carbonyl (C=O) groups excluding carboxylic acids is 1. The van der Waals surface area contributed by atoms with Crippen LogP contribution in [0.5, 0.6) is 0 Å². The summed E-state index contributed by atoms with van der Waals surface area (Å²) in [7, 11) is 4.04. The molecule has 0 unspecified atom stereocenters. The van der Waals surface area contributed by atoms with Crippen LogP contribution in [0, 0.1) is 0 Å². The van der Waals surface area contributed by atoms with E-state index in [-0.39, 0.29) is 12.5 Å². The van der Waals surface area contributed by atoms with Crippen LogP contribution in [0.15, 0.2) is 60.8 Å². The van der Waals surface area contributed by atoms with Gasteiger partial charge in [-0.25, -0.2) is 9.67 Å². The molecule has 31 heavy (non-hydrogen) atoms. The van der Waals surface area contributed by atoms with E-state index in [1.54, 1.807) is 22.6 Å². The van der Waals surface area contributed by atoms with Gasteiger partial charge in [0.2, 0.25) is 5.91 Å². The molecular formula is C23H26N6OS. The molecule has 2 aromatic heterocycles. The van der Waals surface area contributed by atoms with E-state index >= 15 is 0 Å². The molecule has 0 aliphatic heterocycles. The molecule has 0 saturated carbocycles. The third kappa shape index (κ3) is 4.74. The van der Waals surface area contributed by atoms with Crippen LogP contribution in [0.4, 0.5) is 11.5 Å². The quantitative estimate of drug-likeness (QED) is 0.456. The SMILES string of the molecule is CSCc1nc2ccccc2n1CC(=O)Nc1ccnn1Cc1ccc(N(C)C)cc1. The highest BCUT2D eigenvalue weighted by Crippen LogP contribution is 2.20. The maximum absolute atomic E-state index is 12.9. The van der Waals surface area contributed by atoms with Crippen molar-refractivity contribution >= 4 is 40.2 Å². The number of nitrogens with one attached hydrogen (secondary N) is 1. The molecule has 0 saturated heterocycles. The molecule has 8 heteroatoms. The van der Waals surface area contributed by atoms with Crippen LogP contribution in [0.25, 0.3) is 11.0 Å². The van der Waals surface area contributed by atoms with Crippen molar-refractivity contribution in [3.05, 3.63) is 72.2 Å². The second kappa shape index (κ2) is 9.26. The number of rotatable bonds is 8. The highest BCUT2D eigenvalue weighted by atomic mass is 32.2. The first kappa shape index (κ1) is 21.0. The summed E-state index contributed by atoms with van der Waals surface area (Å²) in [6.45, 7) is 0.793. The molecule has 0 atom stereocenters. The second-order valence-electron chi connectivity index (χ2n) is 7.52. The Bertz CT molecular complexity index is 1180. The van der Waals surface area contributed by atoms with E-state index in [1.807, 2.05) is 55.3 Å². The monoisotopic (exact) mass is 434 g/mol. The molecule has 4 rings (SSSR count). The molecule has 0 fully saturated rings. The van der Waals surface area contributed by atoms with Crippen LogP contribution in [0.3, 0.4) is 0 Å². The summed E-state index contributed by atoms with van der Waals surface area (Å²) in [5, 5.41) is 7.40. The lowest BCUT2D eigenvalue weighted by Gasteiger charge is -2.14. The van der Waals surface area contributed by atoms with E-state index in [1.165, 1.54) is 0 Å². The van der Waals surface area contributed by atoms with Gasteiger partial charge in [-0.2, -0.15) is 16.9 Å². The van der Waals surface area contributed by atoms with Gasteiger partial charge in [0.25, 0.3) is 0 Å². The van der Waals surface area contributed by atoms with Crippen LogP contribution in [-0.2, 0) is 23.6 Å². The van der Waals surface area contributed by atoms with Crippen molar-refractivity contribution in [2.75, 3.05) is 30.6 Å². The fraction of sp³-hybridized carbons (Fsp3) is 0.261. The van der Waals surface area contributed by atoms with Crippen molar-refractivity contribution < 1.29 is 4.79 Å². The lowest BCUT2D eigenvalue weighted by Crippen LogP contribution is -2.22. The van der Waals surface area contributed by atoms with Crippen molar-refractivity contribution in [1.82, 2.24) is 19.3 Å². The van der Waals surface area contributed by atoms with Crippen molar-refractivity contribution in [3.63, 3.8) is 0 Å². The molecule has 0 radical (unpaired) electrons. The van der Waals surface area contributed by atoms with Crippen LogP contribution < -0.4 is 10.2 Å². The van der Waals surface area contributed by atoms with Gasteiger partial charge in [0.15, 0.2) is 0 Å². The Morgan fingerprint density at radius 3 is 2.61 bits per heavy atom. The number of nitrogens with zero attached hydrogens (tertiary/aromatic N) is 5. The molecule has 1 amide bonds. The lowest BCUT2D eigenvalue weighted by molar-refractivity contribution is -0.116. The molecule has 0 aliphatic rings. The van der Waals surface area contributed by atoms with E-state index in [4.69, 9.17) is 0 Å². The highest BCUT2D eigenvalue weighted by Gasteiger charge is 2.15. The van der Waals surface area contributed by atoms with Gasteiger partial charge in [0.1, 0.15) is 18.2 Å². The Hall–Kier alpha value is -3.26. The number of para-hydroxylation sites is 2. The Morgan fingerprint density at radius 2 is 1.87 bits per heavy atom. The zero-order chi connectivity index (χ0) is 21.8. The van der Waals surface area contributed by atoms with E-state index in [0.29, 0.717) is 12.4 Å². The van der Waals surface area contributed by atoms with Gasteiger partial charge in [-0.3, -0.25) is 4.79 Å². The molecule has 0 spiro atoms. The van der Waals surface area contributed by atoms with Crippen LogP contribution in [0.2, 0.25) is 0 Å². The summed E-state index contributed by atoms with van der Waals surface area (Å²) in [5.74, 6) is 2.23. The Balaban J connectivity index is 1.49. The van der Waals surface area contributed by atoms with Gasteiger partial charge in [-0.05, 0) is 36.1 Å². The third-order valence-electron chi connectivity index (χ3n) is 5.08. The number of imidazole rings is 1. The zero-order valence-corrected chi connectivity index (χ0v) is 18.8. The minimum atomic E-state index is -0.102. The van der Waals surface area contributed by atoms with Crippen molar-refractivity contribution in [2.45, 2.75) is 18.8 Å². The number of thioether (sulfide) groups is 1. The van der Waals surface area contributed by atoms with E-state index < -0.39 is 0 Å². The van der Waals surface area contributed by atoms with Gasteiger partial charge in [-0.1, -0.05) is 24.3 Å². The Kier molecular flexibility index (Phi) is 6.27. The summed E-state index contributed by atoms with van der Waals surface area (Å²) >= 11 is 1.69. The molecule has 0 aliphatic carbocycles. The topological polar surface area (TPSA) is 68.0 Å². The van der Waals surface area contributed by atoms with Crippen molar-refractivity contribution in [3.8, 4) is 0 Å². The van der Waals surface area contributed by atoms with Crippen LogP contribution in [0.1, 0.15) is 11.4 Å². The molecule has 7 nitrogen and oxygen atoms in total. The highest BCUT2D eigenvalue weighted by molar-refractivity contribution is 7.97. The third-order valence-corrected chi connectivity index (χ3v) is 5.62. The molecule has 1 N–H and O–H groups in total. The summed E-state index contributed by atoms with van der Waals surface area (Å²) < 4.78 is 3.79. The largest absolute Gasteiger partial charge is 0.378 e. The van der Waals surface area contributed by atoms with Crippen molar-refractivity contribution in [1.29, 1.82) is 0 Å². The van der Waals surface area contributed by atoms with Gasteiger partial charge in [0, 0.05) is 25.8 Å². The number of carbonyl (C=O) groups is 1. The summed E-state index contributed by atoms with van der Waals surface area (Å²) in [4.78, 5) is 19.6. The summed E-state index contributed by atoms with van der Waals surface area (Å²) in [5.41, 5.74) is 4.14. The number of amides is 1. The maximum atomic E-state index is 12.9. The Morgan fingerprint density at radius 1 is 1.10 bits per heavy atom. The normalized spacial score (nSPS) is 11.1. The minimum Gasteiger partial charge on any atom is -0.378 e. The van der Waals surface area contributed by atoms with Gasteiger partial charge >= 0.3 is 0 Å². The fourth-order valence-corrected chi connectivity index (χ4v) is 3.98. The van der Waals surface area contributed by atoms with Gasteiger partial charge in [-0.15, -0.1) is 0 Å². The molecule has 2 aromatic carbocycles. The molecular weight excluding hydrogens is 408 g/mol. The first-order valence-corrected chi connectivity index (χ1v) is 11.5. The van der Waals surface area contributed by atoms with Crippen LogP contribution in [-0.4, -0.2) is 45.6 Å². The van der Waals surface area contributed by atoms with Crippen molar-refractivity contribution in [2.24, 2.45) is 0 Å². The molecule has 0 bridgehead atoms. The number of benzene rings is 2. The number of aromatic nitrogens is 4. The summed E-state index contributed by atoms with van der Waals surface area (Å²) in [6, 6.07) is 18.0. The number of hydrogen-bond donors (Lipinski definition) is 1. The van der Waals surface area contributed by atoms with Gasteiger partial charge in [0.05, 0.1) is 29.5 Å². The molecule has 4 aromatic rings. The fourth-order valence-electron chi connectivity index (χ4n) is 3.50. The standard InChI is InChI=1S/C23H26N6OS/c1-27(2)18-10-8-17(9-11-18)14-29-21(12-13-24-29)26-23(30)15-28-20-7-5-4-6-19(20)25-22(28)16-31-3/h4-13H,14-16H2,1-3H3,(H,26,30). The minimum absolute atomic E-state index is 0.102.